The highest BCUT2D eigenvalue weighted by Crippen LogP contribution is 2.25. The van der Waals surface area contributed by atoms with Gasteiger partial charge < -0.3 is 4.74 Å². The standard InChI is InChI=1S/C16H14O2/c1-18-16(14-10-6-3-7-11-14)15(12-17)13-8-4-2-5-9-13/h2-12H,1H3. The van der Waals surface area contributed by atoms with Crippen molar-refractivity contribution in [2.45, 2.75) is 0 Å². The summed E-state index contributed by atoms with van der Waals surface area (Å²) in [6.45, 7) is 0. The van der Waals surface area contributed by atoms with Crippen LogP contribution >= 0.6 is 0 Å². The minimum absolute atomic E-state index is 0.560. The number of hydrogen-bond donors (Lipinski definition) is 0. The second kappa shape index (κ2) is 5.82. The van der Waals surface area contributed by atoms with E-state index in [1.165, 1.54) is 0 Å². The first kappa shape index (κ1) is 12.1. The fourth-order valence-corrected chi connectivity index (χ4v) is 1.84. The Labute approximate surface area is 107 Å². The molecule has 0 spiro atoms. The molecule has 0 unspecified atom stereocenters. The Balaban J connectivity index is 2.57. The van der Waals surface area contributed by atoms with Gasteiger partial charge in [-0.15, -0.1) is 0 Å². The van der Waals surface area contributed by atoms with Crippen LogP contribution in [0.4, 0.5) is 0 Å². The van der Waals surface area contributed by atoms with Gasteiger partial charge in [0.2, 0.25) is 0 Å². The minimum Gasteiger partial charge on any atom is -0.495 e. The Morgan fingerprint density at radius 3 is 1.83 bits per heavy atom. The van der Waals surface area contributed by atoms with Crippen LogP contribution in [0.5, 0.6) is 0 Å². The summed E-state index contributed by atoms with van der Waals surface area (Å²) in [6.07, 6.45) is 0.834. The Morgan fingerprint density at radius 2 is 1.39 bits per heavy atom. The third-order valence-electron chi connectivity index (χ3n) is 2.69. The average molecular weight is 238 g/mol. The van der Waals surface area contributed by atoms with Crippen LogP contribution in [-0.2, 0) is 9.53 Å². The summed E-state index contributed by atoms with van der Waals surface area (Å²) in [6, 6.07) is 19.1. The van der Waals surface area contributed by atoms with Gasteiger partial charge in [0.05, 0.1) is 12.7 Å². The van der Waals surface area contributed by atoms with E-state index in [2.05, 4.69) is 0 Å². The molecule has 0 amide bonds. The highest BCUT2D eigenvalue weighted by molar-refractivity contribution is 6.15. The maximum Gasteiger partial charge on any atom is 0.154 e. The first-order valence-corrected chi connectivity index (χ1v) is 5.71. The molecule has 2 aromatic carbocycles. The van der Waals surface area contributed by atoms with Gasteiger partial charge in [0.1, 0.15) is 5.76 Å². The molecule has 0 saturated heterocycles. The van der Waals surface area contributed by atoms with Crippen LogP contribution < -0.4 is 0 Å². The molecule has 0 aliphatic heterocycles. The third-order valence-corrected chi connectivity index (χ3v) is 2.69. The predicted molar refractivity (Wildman–Crippen MR) is 72.8 cm³/mol. The van der Waals surface area contributed by atoms with Crippen molar-refractivity contribution >= 4 is 17.6 Å². The second-order valence-electron chi connectivity index (χ2n) is 3.80. The quantitative estimate of drug-likeness (QED) is 0.353. The molecule has 2 aromatic rings. The van der Waals surface area contributed by atoms with Crippen molar-refractivity contribution in [1.82, 2.24) is 0 Å². The number of aldehydes is 1. The largest absolute Gasteiger partial charge is 0.495 e. The number of hydrogen-bond acceptors (Lipinski definition) is 2. The first-order chi connectivity index (χ1) is 8.86. The molecule has 2 nitrogen and oxygen atoms in total. The number of carbonyl (C=O) groups is 1. The molecule has 0 atom stereocenters. The van der Waals surface area contributed by atoms with Gasteiger partial charge in [-0.2, -0.15) is 0 Å². The zero-order chi connectivity index (χ0) is 12.8. The lowest BCUT2D eigenvalue weighted by Crippen LogP contribution is -1.95. The number of ether oxygens (including phenoxy) is 1. The molecule has 0 bridgehead atoms. The van der Waals surface area contributed by atoms with Crippen molar-refractivity contribution in [1.29, 1.82) is 0 Å². The van der Waals surface area contributed by atoms with Gasteiger partial charge in [0.15, 0.2) is 6.29 Å². The monoisotopic (exact) mass is 238 g/mol. The molecular weight excluding hydrogens is 224 g/mol. The zero-order valence-electron chi connectivity index (χ0n) is 10.2. The summed E-state index contributed by atoms with van der Waals surface area (Å²) in [5.74, 6) is 0.594. The maximum absolute atomic E-state index is 11.3. The van der Waals surface area contributed by atoms with E-state index in [1.807, 2.05) is 60.7 Å². The molecule has 0 aliphatic carbocycles. The third kappa shape index (κ3) is 2.48. The predicted octanol–water partition coefficient (Wildman–Crippen LogP) is 3.40. The number of allylic oxidation sites excluding steroid dienone is 1. The van der Waals surface area contributed by atoms with Gasteiger partial charge in [0, 0.05) is 5.56 Å². The Hall–Kier alpha value is -2.35. The van der Waals surface area contributed by atoms with Crippen molar-refractivity contribution in [3.8, 4) is 0 Å². The lowest BCUT2D eigenvalue weighted by molar-refractivity contribution is -0.103. The molecule has 0 saturated carbocycles. The van der Waals surface area contributed by atoms with E-state index in [9.17, 15) is 4.79 Å². The smallest absolute Gasteiger partial charge is 0.154 e. The fourth-order valence-electron chi connectivity index (χ4n) is 1.84. The number of benzene rings is 2. The van der Waals surface area contributed by atoms with Gasteiger partial charge in [-0.3, -0.25) is 4.79 Å². The van der Waals surface area contributed by atoms with Crippen LogP contribution in [0.25, 0.3) is 11.3 Å². The lowest BCUT2D eigenvalue weighted by Gasteiger charge is -2.10. The molecule has 0 aromatic heterocycles. The minimum atomic E-state index is 0.560. The summed E-state index contributed by atoms with van der Waals surface area (Å²) in [7, 11) is 1.58. The molecule has 18 heavy (non-hydrogen) atoms. The summed E-state index contributed by atoms with van der Waals surface area (Å²) in [4.78, 5) is 11.3. The average Bonchev–Trinajstić information content (AvgIpc) is 2.46. The molecule has 90 valence electrons. The summed E-state index contributed by atoms with van der Waals surface area (Å²) < 4.78 is 5.39. The van der Waals surface area contributed by atoms with Crippen LogP contribution in [0, 0.1) is 0 Å². The zero-order valence-corrected chi connectivity index (χ0v) is 10.2. The fraction of sp³-hybridized carbons (Fsp3) is 0.0625. The van der Waals surface area contributed by atoms with Crippen LogP contribution in [0.1, 0.15) is 11.1 Å². The van der Waals surface area contributed by atoms with Crippen LogP contribution in [0.2, 0.25) is 0 Å². The van der Waals surface area contributed by atoms with E-state index in [1.54, 1.807) is 7.11 Å². The van der Waals surface area contributed by atoms with Crippen molar-refractivity contribution in [3.05, 3.63) is 71.8 Å². The second-order valence-corrected chi connectivity index (χ2v) is 3.80. The molecule has 2 heteroatoms. The molecular formula is C16H14O2. The van der Waals surface area contributed by atoms with E-state index in [0.717, 1.165) is 17.4 Å². The van der Waals surface area contributed by atoms with Crippen molar-refractivity contribution in [3.63, 3.8) is 0 Å². The van der Waals surface area contributed by atoms with Gasteiger partial charge in [-0.25, -0.2) is 0 Å². The van der Waals surface area contributed by atoms with E-state index < -0.39 is 0 Å². The van der Waals surface area contributed by atoms with Gasteiger partial charge in [-0.1, -0.05) is 60.7 Å². The van der Waals surface area contributed by atoms with E-state index in [4.69, 9.17) is 4.74 Å². The first-order valence-electron chi connectivity index (χ1n) is 5.71. The molecule has 2 rings (SSSR count). The van der Waals surface area contributed by atoms with E-state index >= 15 is 0 Å². The van der Waals surface area contributed by atoms with E-state index in [0.29, 0.717) is 11.3 Å². The number of methoxy groups -OCH3 is 1. The normalized spacial score (nSPS) is 11.6. The molecule has 0 N–H and O–H groups in total. The molecule has 0 fully saturated rings. The summed E-state index contributed by atoms with van der Waals surface area (Å²) >= 11 is 0. The maximum atomic E-state index is 11.3. The Morgan fingerprint density at radius 1 is 0.889 bits per heavy atom. The van der Waals surface area contributed by atoms with Crippen molar-refractivity contribution in [2.24, 2.45) is 0 Å². The number of rotatable bonds is 4. The molecule has 0 aliphatic rings. The Bertz CT molecular complexity index is 542. The lowest BCUT2D eigenvalue weighted by atomic mass is 10.0. The molecule has 0 heterocycles. The Kier molecular flexibility index (Phi) is 3.92. The summed E-state index contributed by atoms with van der Waals surface area (Å²) in [5, 5.41) is 0. The van der Waals surface area contributed by atoms with Crippen molar-refractivity contribution in [2.75, 3.05) is 7.11 Å². The van der Waals surface area contributed by atoms with Gasteiger partial charge in [0.25, 0.3) is 0 Å². The summed E-state index contributed by atoms with van der Waals surface area (Å²) in [5.41, 5.74) is 2.31. The van der Waals surface area contributed by atoms with Crippen molar-refractivity contribution < 1.29 is 9.53 Å². The van der Waals surface area contributed by atoms with Crippen LogP contribution in [0.15, 0.2) is 60.7 Å². The van der Waals surface area contributed by atoms with Crippen LogP contribution in [0.3, 0.4) is 0 Å². The number of carbonyl (C=O) groups excluding carboxylic acids is 1. The SMILES string of the molecule is COC(=C(C=O)c1ccccc1)c1ccccc1. The molecule has 0 radical (unpaired) electrons. The highest BCUT2D eigenvalue weighted by Gasteiger charge is 2.10. The van der Waals surface area contributed by atoms with E-state index in [-0.39, 0.29) is 0 Å². The highest BCUT2D eigenvalue weighted by atomic mass is 16.5. The van der Waals surface area contributed by atoms with Gasteiger partial charge >= 0.3 is 0 Å². The van der Waals surface area contributed by atoms with Gasteiger partial charge in [-0.05, 0) is 5.56 Å². The van der Waals surface area contributed by atoms with Crippen LogP contribution in [-0.4, -0.2) is 13.4 Å². The topological polar surface area (TPSA) is 26.3 Å².